The van der Waals surface area contributed by atoms with E-state index in [2.05, 4.69) is 10.2 Å². The summed E-state index contributed by atoms with van der Waals surface area (Å²) < 4.78 is 65.1. The first kappa shape index (κ1) is 17.2. The van der Waals surface area contributed by atoms with Crippen LogP contribution >= 0.6 is 11.6 Å². The van der Waals surface area contributed by atoms with Gasteiger partial charge in [0.05, 0.1) is 33.9 Å². The molecule has 0 bridgehead atoms. The average Bonchev–Trinajstić information content (AvgIpc) is 3.17. The molecule has 1 aromatic heterocycles. The van der Waals surface area contributed by atoms with E-state index in [1.54, 1.807) is 0 Å². The second-order valence-electron chi connectivity index (χ2n) is 5.29. The number of halogens is 4. The smallest absolute Gasteiger partial charge is 0.207 e. The van der Waals surface area contributed by atoms with Crippen molar-refractivity contribution in [1.29, 1.82) is 0 Å². The molecule has 2 heterocycles. The monoisotopic (exact) mass is 380 g/mol. The largest absolute Gasteiger partial charge is 0.417 e. The molecule has 1 fully saturated rings. The standard InChI is InChI=1S/C13H12ClF3N4O2S/c14-12-2-1-10(7-11(12)13(15,16)17)24(22,23)20-6-3-9(8-20)21-18-4-5-19-21/h1-2,4-5,7,9H,3,6,8H2. The fourth-order valence-corrected chi connectivity index (χ4v) is 4.31. The Hall–Kier alpha value is -1.65. The second-order valence-corrected chi connectivity index (χ2v) is 7.64. The van der Waals surface area contributed by atoms with Crippen molar-refractivity contribution >= 4 is 21.6 Å². The molecule has 1 aromatic carbocycles. The van der Waals surface area contributed by atoms with E-state index in [0.29, 0.717) is 12.5 Å². The van der Waals surface area contributed by atoms with Crippen molar-refractivity contribution in [3.05, 3.63) is 41.2 Å². The predicted octanol–water partition coefficient (Wildman–Crippen LogP) is 2.59. The number of sulfonamides is 1. The van der Waals surface area contributed by atoms with Gasteiger partial charge in [-0.3, -0.25) is 0 Å². The third-order valence-electron chi connectivity index (χ3n) is 3.77. The molecule has 1 atom stereocenters. The van der Waals surface area contributed by atoms with Gasteiger partial charge < -0.3 is 0 Å². The maximum atomic E-state index is 12.9. The van der Waals surface area contributed by atoms with Gasteiger partial charge in [-0.05, 0) is 24.6 Å². The van der Waals surface area contributed by atoms with Gasteiger partial charge in [0.2, 0.25) is 10.0 Å². The number of benzene rings is 1. The van der Waals surface area contributed by atoms with Gasteiger partial charge in [0.15, 0.2) is 0 Å². The van der Waals surface area contributed by atoms with Crippen LogP contribution in [0.2, 0.25) is 5.02 Å². The highest BCUT2D eigenvalue weighted by Crippen LogP contribution is 2.37. The van der Waals surface area contributed by atoms with E-state index in [0.717, 1.165) is 16.4 Å². The van der Waals surface area contributed by atoms with Gasteiger partial charge >= 0.3 is 6.18 Å². The zero-order chi connectivity index (χ0) is 17.5. The molecule has 130 valence electrons. The van der Waals surface area contributed by atoms with E-state index in [9.17, 15) is 21.6 Å². The summed E-state index contributed by atoms with van der Waals surface area (Å²) >= 11 is 5.53. The summed E-state index contributed by atoms with van der Waals surface area (Å²) in [4.78, 5) is 0.965. The molecule has 2 aromatic rings. The number of alkyl halides is 3. The fraction of sp³-hybridized carbons (Fsp3) is 0.385. The molecular weight excluding hydrogens is 369 g/mol. The highest BCUT2D eigenvalue weighted by Gasteiger charge is 2.37. The summed E-state index contributed by atoms with van der Waals surface area (Å²) in [5, 5.41) is 7.39. The lowest BCUT2D eigenvalue weighted by atomic mass is 10.2. The third kappa shape index (κ3) is 3.13. The number of hydrogen-bond donors (Lipinski definition) is 0. The van der Waals surface area contributed by atoms with Gasteiger partial charge in [-0.25, -0.2) is 8.42 Å². The molecule has 0 saturated carbocycles. The van der Waals surface area contributed by atoms with Crippen LogP contribution in [0.5, 0.6) is 0 Å². The zero-order valence-corrected chi connectivity index (χ0v) is 13.7. The van der Waals surface area contributed by atoms with Crippen LogP contribution in [0.15, 0.2) is 35.5 Å². The number of aromatic nitrogens is 3. The summed E-state index contributed by atoms with van der Waals surface area (Å²) in [6.45, 7) is 0.277. The minimum atomic E-state index is -4.73. The van der Waals surface area contributed by atoms with Crippen LogP contribution < -0.4 is 0 Å². The van der Waals surface area contributed by atoms with Crippen LogP contribution in [0.1, 0.15) is 18.0 Å². The van der Waals surface area contributed by atoms with E-state index in [1.165, 1.54) is 17.2 Å². The van der Waals surface area contributed by atoms with Crippen molar-refractivity contribution in [3.63, 3.8) is 0 Å². The van der Waals surface area contributed by atoms with Crippen molar-refractivity contribution in [2.45, 2.75) is 23.5 Å². The van der Waals surface area contributed by atoms with Gasteiger partial charge in [0, 0.05) is 13.1 Å². The molecule has 0 N–H and O–H groups in total. The van der Waals surface area contributed by atoms with Crippen LogP contribution in [0.25, 0.3) is 0 Å². The molecule has 1 unspecified atom stereocenters. The average molecular weight is 381 g/mol. The Kier molecular flexibility index (Phi) is 4.30. The van der Waals surface area contributed by atoms with Gasteiger partial charge in [0.1, 0.15) is 0 Å². The maximum absolute atomic E-state index is 12.9. The van der Waals surface area contributed by atoms with Crippen LogP contribution in [0.4, 0.5) is 13.2 Å². The topological polar surface area (TPSA) is 68.1 Å². The van der Waals surface area contributed by atoms with Crippen molar-refractivity contribution in [2.75, 3.05) is 13.1 Å². The molecule has 3 rings (SSSR count). The Labute approximate surface area is 140 Å². The number of nitrogens with zero attached hydrogens (tertiary/aromatic N) is 4. The molecule has 0 radical (unpaired) electrons. The highest BCUT2D eigenvalue weighted by atomic mass is 35.5. The van der Waals surface area contributed by atoms with Crippen molar-refractivity contribution in [2.24, 2.45) is 0 Å². The molecule has 1 aliphatic rings. The van der Waals surface area contributed by atoms with Crippen LogP contribution in [-0.4, -0.2) is 40.8 Å². The zero-order valence-electron chi connectivity index (χ0n) is 12.1. The first-order chi connectivity index (χ1) is 11.2. The van der Waals surface area contributed by atoms with Crippen molar-refractivity contribution in [1.82, 2.24) is 19.3 Å². The van der Waals surface area contributed by atoms with E-state index in [-0.39, 0.29) is 19.1 Å². The lowest BCUT2D eigenvalue weighted by molar-refractivity contribution is -0.137. The van der Waals surface area contributed by atoms with E-state index in [1.807, 2.05) is 0 Å². The van der Waals surface area contributed by atoms with E-state index in [4.69, 9.17) is 11.6 Å². The Bertz CT molecular complexity index is 839. The predicted molar refractivity (Wildman–Crippen MR) is 78.9 cm³/mol. The highest BCUT2D eigenvalue weighted by molar-refractivity contribution is 7.89. The van der Waals surface area contributed by atoms with Gasteiger partial charge in [-0.1, -0.05) is 11.6 Å². The fourth-order valence-electron chi connectivity index (χ4n) is 2.56. The Morgan fingerprint density at radius 2 is 1.88 bits per heavy atom. The van der Waals surface area contributed by atoms with Crippen molar-refractivity contribution in [3.8, 4) is 0 Å². The first-order valence-corrected chi connectivity index (χ1v) is 8.74. The number of rotatable bonds is 3. The third-order valence-corrected chi connectivity index (χ3v) is 5.96. The molecule has 1 aliphatic heterocycles. The first-order valence-electron chi connectivity index (χ1n) is 6.92. The SMILES string of the molecule is O=S(=O)(c1ccc(Cl)c(C(F)(F)F)c1)N1CCC(n2nccn2)C1. The van der Waals surface area contributed by atoms with Gasteiger partial charge in [0.25, 0.3) is 0 Å². The maximum Gasteiger partial charge on any atom is 0.417 e. The number of hydrogen-bond acceptors (Lipinski definition) is 4. The summed E-state index contributed by atoms with van der Waals surface area (Å²) in [7, 11) is -4.06. The molecule has 0 spiro atoms. The Morgan fingerprint density at radius 3 is 2.50 bits per heavy atom. The van der Waals surface area contributed by atoms with E-state index >= 15 is 0 Å². The second kappa shape index (κ2) is 6.01. The van der Waals surface area contributed by atoms with Crippen LogP contribution in [-0.2, 0) is 16.2 Å². The van der Waals surface area contributed by atoms with Gasteiger partial charge in [-0.2, -0.15) is 32.5 Å². The molecule has 0 amide bonds. The molecule has 0 aliphatic carbocycles. The lowest BCUT2D eigenvalue weighted by Gasteiger charge is -2.18. The molecule has 1 saturated heterocycles. The Morgan fingerprint density at radius 1 is 1.21 bits per heavy atom. The van der Waals surface area contributed by atoms with Gasteiger partial charge in [-0.15, -0.1) is 0 Å². The quantitative estimate of drug-likeness (QED) is 0.820. The molecule has 6 nitrogen and oxygen atoms in total. The molecular formula is C13H12ClF3N4O2S. The summed E-state index contributed by atoms with van der Waals surface area (Å²) in [5.41, 5.74) is -1.17. The van der Waals surface area contributed by atoms with Crippen LogP contribution in [0, 0.1) is 0 Å². The Balaban J connectivity index is 1.89. The minimum absolute atomic E-state index is 0.0982. The summed E-state index contributed by atoms with van der Waals surface area (Å²) in [6, 6.07) is 2.34. The normalized spacial score (nSPS) is 19.8. The molecule has 24 heavy (non-hydrogen) atoms. The summed E-state index contributed by atoms with van der Waals surface area (Å²) in [5.74, 6) is 0. The summed E-state index contributed by atoms with van der Waals surface area (Å²) in [6.07, 6.45) is -1.29. The lowest BCUT2D eigenvalue weighted by Crippen LogP contribution is -2.30. The van der Waals surface area contributed by atoms with Crippen molar-refractivity contribution < 1.29 is 21.6 Å². The molecule has 11 heteroatoms. The minimum Gasteiger partial charge on any atom is -0.207 e. The van der Waals surface area contributed by atoms with E-state index < -0.39 is 31.7 Å². The van der Waals surface area contributed by atoms with Crippen LogP contribution in [0.3, 0.4) is 0 Å².